The van der Waals surface area contributed by atoms with Crippen molar-refractivity contribution in [1.82, 2.24) is 0 Å². The lowest BCUT2D eigenvalue weighted by Gasteiger charge is -2.12. The maximum absolute atomic E-state index is 11.3. The Morgan fingerprint density at radius 1 is 0.917 bits per heavy atom. The highest BCUT2D eigenvalue weighted by Gasteiger charge is 2.24. The van der Waals surface area contributed by atoms with Crippen molar-refractivity contribution in [3.8, 4) is 0 Å². The first-order valence-electron chi connectivity index (χ1n) is 7.21. The molecule has 2 nitrogen and oxygen atoms in total. The third-order valence-corrected chi connectivity index (χ3v) is 10.7. The normalized spacial score (nSPS) is 22.8. The molecular weight excluding hydrogens is 417 g/mol. The summed E-state index contributed by atoms with van der Waals surface area (Å²) in [6.07, 6.45) is 5.05. The quantitative estimate of drug-likeness (QED) is 0.412. The lowest BCUT2D eigenvalue weighted by Crippen LogP contribution is -2.00. The van der Waals surface area contributed by atoms with Gasteiger partial charge in [0.15, 0.2) is 0 Å². The van der Waals surface area contributed by atoms with Gasteiger partial charge >= 0.3 is 0 Å². The van der Waals surface area contributed by atoms with E-state index in [0.29, 0.717) is 9.16 Å². The summed E-state index contributed by atoms with van der Waals surface area (Å²) >= 11 is 10.1. The molecule has 8 heteroatoms. The van der Waals surface area contributed by atoms with E-state index in [1.54, 1.807) is 0 Å². The molecule has 0 bridgehead atoms. The summed E-state index contributed by atoms with van der Waals surface area (Å²) in [5, 5.41) is 4.45. The molecule has 0 radical (unpaired) electrons. The molecule has 2 atom stereocenters. The second kappa shape index (κ2) is 11.2. The van der Waals surface area contributed by atoms with Gasteiger partial charge in [-0.25, -0.2) is 0 Å². The van der Waals surface area contributed by atoms with Gasteiger partial charge in [-0.2, -0.15) is 0 Å². The van der Waals surface area contributed by atoms with Gasteiger partial charge in [0.2, 0.25) is 10.2 Å². The minimum atomic E-state index is 0.0371. The SMILES string of the molecule is C=CC(=O)SCC1=CSC(CCC2SC=C(CSC(=O)C=C)S2)S1. The summed E-state index contributed by atoms with van der Waals surface area (Å²) in [6.45, 7) is 6.98. The Labute approximate surface area is 169 Å². The van der Waals surface area contributed by atoms with Gasteiger partial charge in [-0.3, -0.25) is 9.59 Å². The van der Waals surface area contributed by atoms with Crippen LogP contribution in [0.1, 0.15) is 12.8 Å². The van der Waals surface area contributed by atoms with Crippen LogP contribution in [0.5, 0.6) is 0 Å². The molecule has 0 N–H and O–H groups in total. The molecule has 2 rings (SSSR count). The van der Waals surface area contributed by atoms with E-state index in [1.807, 2.05) is 47.0 Å². The Kier molecular flexibility index (Phi) is 9.65. The van der Waals surface area contributed by atoms with Crippen molar-refractivity contribution in [1.29, 1.82) is 0 Å². The first kappa shape index (κ1) is 20.7. The Balaban J connectivity index is 1.59. The molecule has 0 spiro atoms. The smallest absolute Gasteiger partial charge is 0.211 e. The van der Waals surface area contributed by atoms with Gasteiger partial charge in [0, 0.05) is 21.3 Å². The maximum atomic E-state index is 11.3. The van der Waals surface area contributed by atoms with Gasteiger partial charge in [-0.15, -0.1) is 47.0 Å². The molecule has 0 aliphatic carbocycles. The molecule has 0 fully saturated rings. The van der Waals surface area contributed by atoms with Crippen molar-refractivity contribution in [3.63, 3.8) is 0 Å². The topological polar surface area (TPSA) is 34.1 Å². The van der Waals surface area contributed by atoms with E-state index < -0.39 is 0 Å². The highest BCUT2D eigenvalue weighted by Crippen LogP contribution is 2.47. The third-order valence-electron chi connectivity index (χ3n) is 2.95. The van der Waals surface area contributed by atoms with E-state index in [4.69, 9.17) is 0 Å². The minimum Gasteiger partial charge on any atom is -0.282 e. The number of carbonyl (C=O) groups excluding carboxylic acids is 2. The zero-order chi connectivity index (χ0) is 17.4. The lowest BCUT2D eigenvalue weighted by molar-refractivity contribution is -0.107. The fourth-order valence-corrected chi connectivity index (χ4v) is 8.70. The number of carbonyl (C=O) groups is 2. The summed E-state index contributed by atoms with van der Waals surface area (Å²) in [5.74, 6) is 1.51. The van der Waals surface area contributed by atoms with Crippen LogP contribution < -0.4 is 0 Å². The molecule has 24 heavy (non-hydrogen) atoms. The summed E-state index contributed by atoms with van der Waals surface area (Å²) in [4.78, 5) is 25.1. The zero-order valence-corrected chi connectivity index (χ0v) is 17.9. The van der Waals surface area contributed by atoms with Crippen LogP contribution in [0.25, 0.3) is 0 Å². The van der Waals surface area contributed by atoms with Gasteiger partial charge in [0.1, 0.15) is 0 Å². The van der Waals surface area contributed by atoms with E-state index in [-0.39, 0.29) is 10.2 Å². The van der Waals surface area contributed by atoms with Crippen LogP contribution in [-0.2, 0) is 9.59 Å². The standard InChI is InChI=1S/C16H18O2S6/c1-3-13(17)19-7-11-9-21-15(23-11)5-6-16-22-10-12(24-16)8-20-14(18)4-2/h3-4,9-10,15-16H,1-2,5-8H2. The van der Waals surface area contributed by atoms with Crippen LogP contribution >= 0.6 is 70.6 Å². The molecular formula is C16H18O2S6. The number of thioether (sulfide) groups is 6. The minimum absolute atomic E-state index is 0.0371. The second-order valence-corrected chi connectivity index (χ2v) is 12.1. The molecule has 2 aliphatic heterocycles. The summed E-state index contributed by atoms with van der Waals surface area (Å²) in [6, 6.07) is 0. The molecule has 130 valence electrons. The van der Waals surface area contributed by atoms with Crippen LogP contribution in [0.15, 0.2) is 45.9 Å². The molecule has 0 aromatic carbocycles. The van der Waals surface area contributed by atoms with Crippen LogP contribution in [-0.4, -0.2) is 30.9 Å². The molecule has 0 saturated carbocycles. The molecule has 0 aromatic rings. The van der Waals surface area contributed by atoms with Crippen molar-refractivity contribution >= 4 is 80.8 Å². The molecule has 0 aromatic heterocycles. The zero-order valence-electron chi connectivity index (χ0n) is 13.0. The van der Waals surface area contributed by atoms with E-state index in [2.05, 4.69) is 24.0 Å². The highest BCUT2D eigenvalue weighted by molar-refractivity contribution is 8.24. The summed E-state index contributed by atoms with van der Waals surface area (Å²) in [7, 11) is 0. The van der Waals surface area contributed by atoms with Crippen molar-refractivity contribution in [2.75, 3.05) is 11.5 Å². The highest BCUT2D eigenvalue weighted by atomic mass is 32.2. The van der Waals surface area contributed by atoms with Crippen molar-refractivity contribution in [3.05, 3.63) is 45.9 Å². The maximum Gasteiger partial charge on any atom is 0.211 e. The Morgan fingerprint density at radius 3 is 1.71 bits per heavy atom. The Bertz CT molecular complexity index is 519. The van der Waals surface area contributed by atoms with Gasteiger partial charge in [0.25, 0.3) is 0 Å². The van der Waals surface area contributed by atoms with Gasteiger partial charge < -0.3 is 0 Å². The predicted molar refractivity (Wildman–Crippen MR) is 119 cm³/mol. The lowest BCUT2D eigenvalue weighted by atomic mass is 10.4. The molecule has 0 saturated heterocycles. The molecule has 2 aliphatic rings. The molecule has 0 amide bonds. The van der Waals surface area contributed by atoms with Gasteiger partial charge in [-0.1, -0.05) is 36.7 Å². The summed E-state index contributed by atoms with van der Waals surface area (Å²) < 4.78 is 1.11. The average Bonchev–Trinajstić information content (AvgIpc) is 3.24. The van der Waals surface area contributed by atoms with Gasteiger partial charge in [-0.05, 0) is 35.8 Å². The number of hydrogen-bond acceptors (Lipinski definition) is 8. The first-order valence-corrected chi connectivity index (χ1v) is 12.8. The van der Waals surface area contributed by atoms with E-state index >= 15 is 0 Å². The fraction of sp³-hybridized carbons (Fsp3) is 0.375. The predicted octanol–water partition coefficient (Wildman–Crippen LogP) is 5.95. The molecule has 2 unspecified atom stereocenters. The van der Waals surface area contributed by atoms with Crippen LogP contribution in [0.3, 0.4) is 0 Å². The third kappa shape index (κ3) is 7.33. The van der Waals surface area contributed by atoms with Crippen LogP contribution in [0.4, 0.5) is 0 Å². The van der Waals surface area contributed by atoms with E-state index in [0.717, 1.165) is 24.3 Å². The van der Waals surface area contributed by atoms with E-state index in [9.17, 15) is 9.59 Å². The van der Waals surface area contributed by atoms with E-state index in [1.165, 1.54) is 45.5 Å². The van der Waals surface area contributed by atoms with Crippen molar-refractivity contribution in [2.24, 2.45) is 0 Å². The van der Waals surface area contributed by atoms with Crippen molar-refractivity contribution < 1.29 is 9.59 Å². The van der Waals surface area contributed by atoms with Crippen LogP contribution in [0.2, 0.25) is 0 Å². The first-order chi connectivity index (χ1) is 11.6. The number of hydrogen-bond donors (Lipinski definition) is 0. The Hall–Kier alpha value is 0.400. The number of rotatable bonds is 9. The Morgan fingerprint density at radius 2 is 1.33 bits per heavy atom. The largest absolute Gasteiger partial charge is 0.282 e. The van der Waals surface area contributed by atoms with Crippen LogP contribution in [0, 0.1) is 0 Å². The second-order valence-electron chi connectivity index (χ2n) is 4.74. The van der Waals surface area contributed by atoms with Crippen molar-refractivity contribution in [2.45, 2.75) is 22.0 Å². The van der Waals surface area contributed by atoms with Gasteiger partial charge in [0.05, 0.1) is 9.16 Å². The fourth-order valence-electron chi connectivity index (χ4n) is 1.82. The monoisotopic (exact) mass is 434 g/mol. The molecule has 2 heterocycles. The average molecular weight is 435 g/mol. The summed E-state index contributed by atoms with van der Waals surface area (Å²) in [5.41, 5.74) is 0.